The van der Waals surface area contributed by atoms with Crippen LogP contribution in [0.2, 0.25) is 0 Å². The van der Waals surface area contributed by atoms with Crippen LogP contribution in [0.1, 0.15) is 90.8 Å². The van der Waals surface area contributed by atoms with E-state index in [-0.39, 0.29) is 0 Å². The van der Waals surface area contributed by atoms with Crippen LogP contribution >= 0.6 is 0 Å². The van der Waals surface area contributed by atoms with Crippen LogP contribution in [0.4, 0.5) is 0 Å². The molecule has 0 aliphatic rings. The summed E-state index contributed by atoms with van der Waals surface area (Å²) in [6, 6.07) is 10.5. The number of hydrogen-bond donors (Lipinski definition) is 0. The lowest BCUT2D eigenvalue weighted by atomic mass is 9.85. The molecule has 0 spiro atoms. The SMILES string of the molecule is CCCCCCCOc1ccc(-c2cnc(C(C)(C#N)CCCCCC)nc2)cc1. The number of aromatic nitrogens is 2. The summed E-state index contributed by atoms with van der Waals surface area (Å²) in [5.74, 6) is 1.52. The van der Waals surface area contributed by atoms with E-state index in [1.165, 1.54) is 38.5 Å². The number of nitrogens with zero attached hydrogens (tertiary/aromatic N) is 3. The molecule has 1 aromatic carbocycles. The molecule has 0 amide bonds. The van der Waals surface area contributed by atoms with E-state index in [1.54, 1.807) is 0 Å². The van der Waals surface area contributed by atoms with E-state index < -0.39 is 5.41 Å². The van der Waals surface area contributed by atoms with Crippen molar-refractivity contribution in [3.63, 3.8) is 0 Å². The first-order chi connectivity index (χ1) is 14.6. The number of nitriles is 1. The minimum absolute atomic E-state index is 0.619. The summed E-state index contributed by atoms with van der Waals surface area (Å²) in [4.78, 5) is 9.08. The Morgan fingerprint density at radius 1 is 0.833 bits per heavy atom. The van der Waals surface area contributed by atoms with Crippen molar-refractivity contribution in [2.75, 3.05) is 6.61 Å². The van der Waals surface area contributed by atoms with E-state index in [0.29, 0.717) is 5.82 Å². The average Bonchev–Trinajstić information content (AvgIpc) is 2.79. The summed E-state index contributed by atoms with van der Waals surface area (Å²) in [5.41, 5.74) is 1.38. The highest BCUT2D eigenvalue weighted by atomic mass is 16.5. The summed E-state index contributed by atoms with van der Waals surface area (Å²) in [6.45, 7) is 7.14. The van der Waals surface area contributed by atoms with Gasteiger partial charge >= 0.3 is 0 Å². The van der Waals surface area contributed by atoms with Crippen LogP contribution in [0.25, 0.3) is 11.1 Å². The minimum Gasteiger partial charge on any atom is -0.494 e. The molecule has 1 aromatic heterocycles. The van der Waals surface area contributed by atoms with Gasteiger partial charge in [0.2, 0.25) is 0 Å². The first-order valence-corrected chi connectivity index (χ1v) is 11.6. The Hall–Kier alpha value is -2.41. The van der Waals surface area contributed by atoms with Gasteiger partial charge in [-0.1, -0.05) is 77.3 Å². The van der Waals surface area contributed by atoms with E-state index in [9.17, 15) is 5.26 Å². The highest BCUT2D eigenvalue weighted by molar-refractivity contribution is 5.62. The molecule has 4 nitrogen and oxygen atoms in total. The zero-order chi connectivity index (χ0) is 21.7. The topological polar surface area (TPSA) is 58.8 Å². The first-order valence-electron chi connectivity index (χ1n) is 11.6. The molecule has 0 bridgehead atoms. The maximum absolute atomic E-state index is 9.70. The summed E-state index contributed by atoms with van der Waals surface area (Å²) < 4.78 is 5.84. The van der Waals surface area contributed by atoms with Gasteiger partial charge in [0.1, 0.15) is 17.0 Å². The number of hydrogen-bond acceptors (Lipinski definition) is 4. The standard InChI is InChI=1S/C26H37N3O/c1-4-6-8-10-12-18-30-24-15-13-22(14-16-24)23-19-28-25(29-20-23)26(3,21-27)17-11-9-7-5-2/h13-16,19-20H,4-12,17-18H2,1-3H3. The van der Waals surface area contributed by atoms with Crippen LogP contribution in [-0.4, -0.2) is 16.6 Å². The Labute approximate surface area is 182 Å². The van der Waals surface area contributed by atoms with E-state index in [2.05, 4.69) is 29.9 Å². The molecule has 4 heteroatoms. The molecular formula is C26H37N3O. The Morgan fingerprint density at radius 3 is 2.03 bits per heavy atom. The monoisotopic (exact) mass is 407 g/mol. The largest absolute Gasteiger partial charge is 0.494 e. The third-order valence-electron chi connectivity index (χ3n) is 5.63. The van der Waals surface area contributed by atoms with Gasteiger partial charge in [-0.25, -0.2) is 9.97 Å². The Balaban J connectivity index is 1.91. The molecule has 1 atom stereocenters. The van der Waals surface area contributed by atoms with Crippen molar-refractivity contribution >= 4 is 0 Å². The molecule has 2 rings (SSSR count). The second-order valence-corrected chi connectivity index (χ2v) is 8.34. The zero-order valence-electron chi connectivity index (χ0n) is 19.0. The number of benzene rings is 1. The van der Waals surface area contributed by atoms with Gasteiger partial charge in [0.05, 0.1) is 12.7 Å². The Bertz CT molecular complexity index is 764. The smallest absolute Gasteiger partial charge is 0.148 e. The Morgan fingerprint density at radius 2 is 1.43 bits per heavy atom. The van der Waals surface area contributed by atoms with Crippen molar-refractivity contribution in [1.82, 2.24) is 9.97 Å². The molecule has 0 aliphatic carbocycles. The molecule has 0 saturated carbocycles. The van der Waals surface area contributed by atoms with Gasteiger partial charge in [-0.05, 0) is 37.5 Å². The van der Waals surface area contributed by atoms with Crippen molar-refractivity contribution in [2.24, 2.45) is 0 Å². The van der Waals surface area contributed by atoms with E-state index in [0.717, 1.165) is 49.2 Å². The average molecular weight is 408 g/mol. The summed E-state index contributed by atoms with van der Waals surface area (Å²) in [6.07, 6.45) is 15.2. The van der Waals surface area contributed by atoms with Crippen molar-refractivity contribution < 1.29 is 4.74 Å². The van der Waals surface area contributed by atoms with Gasteiger partial charge in [-0.15, -0.1) is 0 Å². The van der Waals surface area contributed by atoms with E-state index in [4.69, 9.17) is 4.74 Å². The highest BCUT2D eigenvalue weighted by Gasteiger charge is 2.29. The van der Waals surface area contributed by atoms with Crippen LogP contribution < -0.4 is 4.74 Å². The fourth-order valence-electron chi connectivity index (χ4n) is 3.52. The fourth-order valence-corrected chi connectivity index (χ4v) is 3.52. The van der Waals surface area contributed by atoms with Gasteiger partial charge in [0.25, 0.3) is 0 Å². The molecule has 0 radical (unpaired) electrons. The lowest BCUT2D eigenvalue weighted by Gasteiger charge is -2.19. The molecular weight excluding hydrogens is 370 g/mol. The van der Waals surface area contributed by atoms with Crippen molar-refractivity contribution in [3.8, 4) is 22.9 Å². The maximum Gasteiger partial charge on any atom is 0.148 e. The Kier molecular flexibility index (Phi) is 10.3. The third-order valence-corrected chi connectivity index (χ3v) is 5.63. The first kappa shape index (κ1) is 23.9. The van der Waals surface area contributed by atoms with Crippen LogP contribution in [0.15, 0.2) is 36.7 Å². The van der Waals surface area contributed by atoms with E-state index >= 15 is 0 Å². The summed E-state index contributed by atoms with van der Waals surface area (Å²) in [7, 11) is 0. The molecule has 0 aliphatic heterocycles. The lowest BCUT2D eigenvalue weighted by molar-refractivity contribution is 0.304. The van der Waals surface area contributed by atoms with Crippen LogP contribution in [0, 0.1) is 11.3 Å². The molecule has 1 heterocycles. The van der Waals surface area contributed by atoms with Crippen LogP contribution in [0.5, 0.6) is 5.75 Å². The number of unbranched alkanes of at least 4 members (excludes halogenated alkanes) is 7. The normalized spacial score (nSPS) is 12.9. The second kappa shape index (κ2) is 13.0. The van der Waals surface area contributed by atoms with Gasteiger partial charge in [0.15, 0.2) is 0 Å². The quantitative estimate of drug-likeness (QED) is 0.310. The van der Waals surface area contributed by atoms with Gasteiger partial charge in [-0.2, -0.15) is 5.26 Å². The predicted molar refractivity (Wildman–Crippen MR) is 123 cm³/mol. The molecule has 0 N–H and O–H groups in total. The molecule has 0 fully saturated rings. The predicted octanol–water partition coefficient (Wildman–Crippen LogP) is 7.24. The van der Waals surface area contributed by atoms with Crippen molar-refractivity contribution in [2.45, 2.75) is 90.4 Å². The molecule has 0 saturated heterocycles. The van der Waals surface area contributed by atoms with Crippen LogP contribution in [-0.2, 0) is 5.41 Å². The van der Waals surface area contributed by atoms with Crippen LogP contribution in [0.3, 0.4) is 0 Å². The fraction of sp³-hybridized carbons (Fsp3) is 0.577. The summed E-state index contributed by atoms with van der Waals surface area (Å²) >= 11 is 0. The zero-order valence-corrected chi connectivity index (χ0v) is 19.0. The highest BCUT2D eigenvalue weighted by Crippen LogP contribution is 2.28. The second-order valence-electron chi connectivity index (χ2n) is 8.34. The molecule has 1 unspecified atom stereocenters. The maximum atomic E-state index is 9.70. The van der Waals surface area contributed by atoms with E-state index in [1.807, 2.05) is 43.6 Å². The number of rotatable bonds is 14. The van der Waals surface area contributed by atoms with Crippen molar-refractivity contribution in [3.05, 3.63) is 42.5 Å². The van der Waals surface area contributed by atoms with Gasteiger partial charge in [0, 0.05) is 18.0 Å². The third kappa shape index (κ3) is 7.44. The van der Waals surface area contributed by atoms with Crippen molar-refractivity contribution in [1.29, 1.82) is 5.26 Å². The van der Waals surface area contributed by atoms with Gasteiger partial charge < -0.3 is 4.74 Å². The summed E-state index contributed by atoms with van der Waals surface area (Å²) in [5, 5.41) is 9.70. The number of ether oxygens (including phenoxy) is 1. The van der Waals surface area contributed by atoms with Gasteiger partial charge in [-0.3, -0.25) is 0 Å². The lowest BCUT2D eigenvalue weighted by Crippen LogP contribution is -2.22. The molecule has 162 valence electrons. The molecule has 30 heavy (non-hydrogen) atoms. The molecule has 2 aromatic rings. The minimum atomic E-state index is -0.624.